The lowest BCUT2D eigenvalue weighted by Crippen LogP contribution is -2.64. The normalized spacial score (nSPS) is 50.6. The van der Waals surface area contributed by atoms with Crippen LogP contribution in [-0.4, -0.2) is 68.9 Å². The van der Waals surface area contributed by atoms with Crippen molar-refractivity contribution in [1.82, 2.24) is 4.90 Å². The molecule has 8 nitrogen and oxygen atoms in total. The first-order chi connectivity index (χ1) is 12.0. The number of fused-ring (bicyclic) bond motifs is 2. The number of aliphatic imine (C=N–C) groups is 3. The van der Waals surface area contributed by atoms with E-state index in [-0.39, 0.29) is 6.10 Å². The van der Waals surface area contributed by atoms with Crippen LogP contribution in [0.15, 0.2) is 15.0 Å². The summed E-state index contributed by atoms with van der Waals surface area (Å²) in [4.78, 5) is 15.4. The van der Waals surface area contributed by atoms with Crippen molar-refractivity contribution in [1.29, 1.82) is 0 Å². The van der Waals surface area contributed by atoms with Crippen LogP contribution >= 0.6 is 12.6 Å². The van der Waals surface area contributed by atoms with E-state index in [1.807, 2.05) is 27.7 Å². The van der Waals surface area contributed by atoms with Gasteiger partial charge in [0.05, 0.1) is 17.2 Å². The first kappa shape index (κ1) is 18.4. The molecule has 0 bridgehead atoms. The molecule has 0 spiro atoms. The third kappa shape index (κ3) is 1.70. The molecule has 2 unspecified atom stereocenters. The zero-order chi connectivity index (χ0) is 19.2. The first-order valence-corrected chi connectivity index (χ1v) is 9.51. The highest BCUT2D eigenvalue weighted by Gasteiger charge is 2.91. The highest BCUT2D eigenvalue weighted by Crippen LogP contribution is 2.76. The largest absolute Gasteiger partial charge is 0.383 e. The van der Waals surface area contributed by atoms with Gasteiger partial charge < -0.3 is 21.3 Å². The minimum atomic E-state index is -1.12. The van der Waals surface area contributed by atoms with Gasteiger partial charge in [0.1, 0.15) is 23.4 Å². The van der Waals surface area contributed by atoms with E-state index >= 15 is 0 Å². The van der Waals surface area contributed by atoms with Crippen molar-refractivity contribution in [3.63, 3.8) is 0 Å². The molecule has 5 N–H and O–H groups in total. The molecule has 0 aromatic rings. The van der Waals surface area contributed by atoms with Crippen molar-refractivity contribution in [2.24, 2.45) is 31.9 Å². The molecule has 0 amide bonds. The van der Waals surface area contributed by atoms with E-state index < -0.39 is 33.2 Å². The molecule has 0 radical (unpaired) electrons. The molecule has 144 valence electrons. The van der Waals surface area contributed by atoms with Crippen molar-refractivity contribution in [2.45, 2.75) is 74.4 Å². The summed E-state index contributed by atoms with van der Waals surface area (Å²) in [5.74, 6) is 0.637. The Morgan fingerprint density at radius 1 is 1.35 bits per heavy atom. The maximum Gasteiger partial charge on any atom is 0.167 e. The molecule has 4 rings (SSSR count). The number of ether oxygens (including phenoxy) is 1. The average molecular weight is 381 g/mol. The Morgan fingerprint density at radius 2 is 2.04 bits per heavy atom. The molecule has 0 aromatic carbocycles. The number of hydrogen-bond acceptors (Lipinski definition) is 9. The van der Waals surface area contributed by atoms with Crippen LogP contribution in [-0.2, 0) is 4.74 Å². The number of nitrogens with zero attached hydrogens (tertiary/aromatic N) is 4. The zero-order valence-corrected chi connectivity index (χ0v) is 16.6. The lowest BCUT2D eigenvalue weighted by molar-refractivity contribution is -0.0961. The molecule has 3 aliphatic heterocycles. The Bertz CT molecular complexity index is 741. The van der Waals surface area contributed by atoms with Crippen molar-refractivity contribution >= 4 is 31.1 Å². The number of nitrogens with two attached hydrogens (primary N) is 2. The van der Waals surface area contributed by atoms with Gasteiger partial charge in [-0.2, -0.15) is 12.6 Å². The molecule has 0 aromatic heterocycles. The molecular formula is C17H28N6O2S. The quantitative estimate of drug-likeness (QED) is 0.516. The van der Waals surface area contributed by atoms with Crippen LogP contribution in [0.3, 0.4) is 0 Å². The molecule has 9 heteroatoms. The summed E-state index contributed by atoms with van der Waals surface area (Å²) in [5.41, 5.74) is 9.00. The van der Waals surface area contributed by atoms with Crippen LogP contribution in [0.2, 0.25) is 0 Å². The number of thiol groups is 1. The Labute approximate surface area is 159 Å². The first-order valence-electron chi connectivity index (χ1n) is 9.06. The van der Waals surface area contributed by atoms with Crippen LogP contribution in [0.4, 0.5) is 0 Å². The van der Waals surface area contributed by atoms with Gasteiger partial charge in [-0.3, -0.25) is 9.89 Å². The van der Waals surface area contributed by atoms with Crippen molar-refractivity contribution in [3.05, 3.63) is 0 Å². The monoisotopic (exact) mass is 380 g/mol. The van der Waals surface area contributed by atoms with Crippen molar-refractivity contribution in [3.8, 4) is 0 Å². The van der Waals surface area contributed by atoms with Crippen LogP contribution in [0.25, 0.3) is 0 Å². The van der Waals surface area contributed by atoms with Gasteiger partial charge in [0.15, 0.2) is 11.8 Å². The van der Waals surface area contributed by atoms with Gasteiger partial charge in [0, 0.05) is 5.41 Å². The molecule has 1 saturated carbocycles. The fourth-order valence-electron chi connectivity index (χ4n) is 5.07. The summed E-state index contributed by atoms with van der Waals surface area (Å²) in [6.07, 6.45) is 3.63. The minimum absolute atomic E-state index is 0.214. The maximum absolute atomic E-state index is 11.5. The molecule has 2 fully saturated rings. The fraction of sp³-hybridized carbons (Fsp3) is 0.824. The lowest BCUT2D eigenvalue weighted by atomic mass is 9.81. The Hall–Kier alpha value is -1.00. The Morgan fingerprint density at radius 3 is 2.62 bits per heavy atom. The molecular weight excluding hydrogens is 352 g/mol. The highest BCUT2D eigenvalue weighted by atomic mass is 32.1. The van der Waals surface area contributed by atoms with Crippen LogP contribution < -0.4 is 11.5 Å². The molecule has 1 aliphatic carbocycles. The van der Waals surface area contributed by atoms with Gasteiger partial charge in [0.25, 0.3) is 0 Å². The summed E-state index contributed by atoms with van der Waals surface area (Å²) in [5, 5.41) is 11.5. The van der Waals surface area contributed by atoms with E-state index in [2.05, 4.69) is 15.0 Å². The zero-order valence-electron chi connectivity index (χ0n) is 15.7. The van der Waals surface area contributed by atoms with E-state index in [1.165, 1.54) is 6.34 Å². The standard InChI is InChI=1S/C17H28N6O2S/c1-10-17(26)13(2,3)16(17,24)12(25-10)23-9-22-14(4)11(23)20-8-21-15(14,19)6-5-7-18/h8-10,12,24,26H,5-7,18-19H2,1-4H3/t10-,12-,14?,15?,16-,17+/m1/s1. The van der Waals surface area contributed by atoms with Crippen LogP contribution in [0.5, 0.6) is 0 Å². The fourth-order valence-corrected chi connectivity index (χ4v) is 5.64. The Kier molecular flexibility index (Phi) is 3.59. The van der Waals surface area contributed by atoms with Gasteiger partial charge in [0.2, 0.25) is 0 Å². The van der Waals surface area contributed by atoms with Gasteiger partial charge >= 0.3 is 0 Å². The molecule has 1 saturated heterocycles. The number of aliphatic hydroxyl groups is 1. The number of hydrogen-bond donors (Lipinski definition) is 4. The third-order valence-corrected chi connectivity index (χ3v) is 8.41. The highest BCUT2D eigenvalue weighted by molar-refractivity contribution is 7.82. The van der Waals surface area contributed by atoms with E-state index in [1.54, 1.807) is 11.2 Å². The molecule has 4 aliphatic rings. The number of rotatable bonds is 4. The number of amidine groups is 1. The predicted octanol–water partition coefficient (Wildman–Crippen LogP) is 0.108. The SMILES string of the molecule is C[C@H]1O[C@@H](N2C=NC3(C)C2=NC=NC3(N)CCCN)[C@@]2(O)C(C)(C)[C@@]12S. The summed E-state index contributed by atoms with van der Waals surface area (Å²) >= 11 is 4.80. The minimum Gasteiger partial charge on any atom is -0.383 e. The van der Waals surface area contributed by atoms with E-state index in [0.717, 1.165) is 6.42 Å². The smallest absolute Gasteiger partial charge is 0.167 e. The van der Waals surface area contributed by atoms with Gasteiger partial charge in [-0.05, 0) is 33.2 Å². The second-order valence-corrected chi connectivity index (χ2v) is 9.23. The lowest BCUT2D eigenvalue weighted by Gasteiger charge is -2.42. The molecule has 3 heterocycles. The van der Waals surface area contributed by atoms with Crippen molar-refractivity contribution < 1.29 is 9.84 Å². The van der Waals surface area contributed by atoms with Crippen LogP contribution in [0, 0.1) is 5.41 Å². The van der Waals surface area contributed by atoms with Crippen LogP contribution in [0.1, 0.15) is 40.5 Å². The summed E-state index contributed by atoms with van der Waals surface area (Å²) in [6.45, 7) is 8.42. The van der Waals surface area contributed by atoms with Gasteiger partial charge in [-0.25, -0.2) is 9.98 Å². The van der Waals surface area contributed by atoms with Gasteiger partial charge in [-0.1, -0.05) is 13.8 Å². The summed E-state index contributed by atoms with van der Waals surface area (Å²) < 4.78 is 5.49. The third-order valence-electron chi connectivity index (χ3n) is 7.15. The van der Waals surface area contributed by atoms with E-state index in [4.69, 9.17) is 28.8 Å². The van der Waals surface area contributed by atoms with Crippen molar-refractivity contribution in [2.75, 3.05) is 6.54 Å². The second-order valence-electron chi connectivity index (χ2n) is 8.53. The predicted molar refractivity (Wildman–Crippen MR) is 105 cm³/mol. The topological polar surface area (TPSA) is 122 Å². The average Bonchev–Trinajstić information content (AvgIpc) is 2.87. The summed E-state index contributed by atoms with van der Waals surface area (Å²) in [7, 11) is 0. The second kappa shape index (κ2) is 5.08. The van der Waals surface area contributed by atoms with Gasteiger partial charge in [-0.15, -0.1) is 0 Å². The van der Waals surface area contributed by atoms with E-state index in [9.17, 15) is 5.11 Å². The summed E-state index contributed by atoms with van der Waals surface area (Å²) in [6, 6.07) is 0. The maximum atomic E-state index is 11.5. The van der Waals surface area contributed by atoms with E-state index in [0.29, 0.717) is 18.8 Å². The molecule has 26 heavy (non-hydrogen) atoms. The Balaban J connectivity index is 1.69. The molecule has 6 atom stereocenters.